The predicted molar refractivity (Wildman–Crippen MR) is 352 cm³/mol. The summed E-state index contributed by atoms with van der Waals surface area (Å²) in [7, 11) is 0. The fourth-order valence-electron chi connectivity index (χ4n) is 11.6. The number of rotatable bonds is 24. The summed E-state index contributed by atoms with van der Waals surface area (Å²) in [5.41, 5.74) is 13.9. The van der Waals surface area contributed by atoms with Crippen LogP contribution in [0.15, 0.2) is 78.1 Å². The van der Waals surface area contributed by atoms with Gasteiger partial charge in [-0.3, -0.25) is 0 Å². The molecule has 0 fully saturated rings. The van der Waals surface area contributed by atoms with Gasteiger partial charge >= 0.3 is 0 Å². The average molecular weight is 1230 g/mol. The summed E-state index contributed by atoms with van der Waals surface area (Å²) in [6.07, 6.45) is 17.3. The highest BCUT2D eigenvalue weighted by Crippen LogP contribution is 2.59. The van der Waals surface area contributed by atoms with Gasteiger partial charge in [-0.15, -0.1) is 68.0 Å². The number of aromatic nitrogens is 5. The molecule has 2 aliphatic rings. The molecule has 0 aliphatic carbocycles. The van der Waals surface area contributed by atoms with Gasteiger partial charge in [0.05, 0.1) is 66.6 Å². The zero-order valence-electron chi connectivity index (χ0n) is 45.2. The Bertz CT molecular complexity index is 3930. The van der Waals surface area contributed by atoms with Gasteiger partial charge in [0.2, 0.25) is 0 Å². The second-order valence-corrected chi connectivity index (χ2v) is 29.8. The summed E-state index contributed by atoms with van der Waals surface area (Å²) < 4.78 is 45.7. The second-order valence-electron chi connectivity index (χ2n) is 21.1. The average Bonchev–Trinajstić information content (AvgIpc) is 4.16. The van der Waals surface area contributed by atoms with Crippen molar-refractivity contribution >= 4 is 179 Å². The molecular weight excluding hydrogens is 1170 g/mol. The molecule has 3 atom stereocenters. The number of thiophene rings is 6. The summed E-state index contributed by atoms with van der Waals surface area (Å²) in [4.78, 5) is 12.8. The fraction of sp³-hybridized carbons (Fsp3) is 0.400. The molecule has 0 radical (unpaired) electrons. The van der Waals surface area contributed by atoms with Crippen molar-refractivity contribution in [3.63, 3.8) is 0 Å². The minimum atomic E-state index is 0.544. The molecule has 3 unspecified atom stereocenters. The maximum atomic E-state index is 5.08. The Labute approximate surface area is 501 Å². The first kappa shape index (κ1) is 54.0. The first-order chi connectivity index (χ1) is 38.9. The third kappa shape index (κ3) is 10.1. The standard InChI is InChI=1S/C60H61N9S10/c1-7-13-16-32(10-4)27-35-19-21-39(70-35)41-23-25-43(72-41)47-51-55(65-76-61-51)49(56-52(47)62-77-66-56)45-29-37-59(74-45)60-38(69(37)31-34(12-6)18-15-9-3)30-46(75-60)50-57-53(63-78-67-57)48(54-58(50)68-79-64-54)44-26-24-42(73-44)40-22-20-36(71-40)28-33(11-5)17-14-8-2/h19-26,29-30,32-34H,7-18,27-28,31H2,1-6H3. The molecule has 0 bridgehead atoms. The molecule has 79 heavy (non-hydrogen) atoms. The van der Waals surface area contributed by atoms with Crippen LogP contribution < -0.4 is 0 Å². The van der Waals surface area contributed by atoms with Crippen LogP contribution in [0.4, 0.5) is 22.7 Å². The zero-order valence-corrected chi connectivity index (χ0v) is 53.4. The van der Waals surface area contributed by atoms with Crippen molar-refractivity contribution in [3.05, 3.63) is 70.4 Å². The molecule has 0 N–H and O–H groups in total. The molecule has 13 rings (SSSR count). The van der Waals surface area contributed by atoms with Crippen LogP contribution in [0.5, 0.6) is 0 Å². The molecular formula is C60H61N9S10. The Morgan fingerprint density at radius 2 is 0.747 bits per heavy atom. The van der Waals surface area contributed by atoms with E-state index in [1.807, 2.05) is 68.0 Å². The second kappa shape index (κ2) is 23.5. The van der Waals surface area contributed by atoms with Gasteiger partial charge in [0.25, 0.3) is 0 Å². The van der Waals surface area contributed by atoms with Crippen LogP contribution in [0, 0.1) is 17.8 Å². The molecule has 11 aromatic rings. The van der Waals surface area contributed by atoms with Gasteiger partial charge in [-0.1, -0.05) is 112 Å². The van der Waals surface area contributed by atoms with E-state index in [-0.39, 0.29) is 0 Å². The van der Waals surface area contributed by atoms with Gasteiger partial charge in [-0.25, -0.2) is 0 Å². The van der Waals surface area contributed by atoms with E-state index in [4.69, 9.17) is 34.9 Å². The normalized spacial score (nSPS) is 14.2. The first-order valence-corrected chi connectivity index (χ1v) is 36.0. The van der Waals surface area contributed by atoms with E-state index < -0.39 is 0 Å². The first-order valence-electron chi connectivity index (χ1n) is 28.1. The van der Waals surface area contributed by atoms with Crippen molar-refractivity contribution in [1.82, 2.24) is 22.1 Å². The van der Waals surface area contributed by atoms with Crippen molar-refractivity contribution in [1.29, 1.82) is 0 Å². The van der Waals surface area contributed by atoms with Crippen molar-refractivity contribution in [2.24, 2.45) is 35.2 Å². The van der Waals surface area contributed by atoms with Crippen LogP contribution in [-0.2, 0) is 42.1 Å². The molecule has 0 amide bonds. The third-order valence-corrected chi connectivity index (χ3v) is 25.5. The van der Waals surface area contributed by atoms with Gasteiger partial charge in [-0.2, -0.15) is 34.9 Å². The molecule has 9 aromatic heterocycles. The predicted octanol–water partition coefficient (Wildman–Crippen LogP) is 23.4. The summed E-state index contributed by atoms with van der Waals surface area (Å²) in [6, 6.07) is 23.2. The van der Waals surface area contributed by atoms with E-state index in [1.165, 1.54) is 166 Å². The number of benzene rings is 2. The monoisotopic (exact) mass is 1230 g/mol. The van der Waals surface area contributed by atoms with Gasteiger partial charge in [-0.05, 0) is 97.7 Å². The number of fused-ring (bicyclic) bond motifs is 7. The van der Waals surface area contributed by atoms with E-state index >= 15 is 0 Å². The number of hydrogen-bond donors (Lipinski definition) is 0. The van der Waals surface area contributed by atoms with Gasteiger partial charge < -0.3 is 4.57 Å². The minimum absolute atomic E-state index is 0.544. The molecule has 0 saturated carbocycles. The smallest absolute Gasteiger partial charge is 0.116 e. The van der Waals surface area contributed by atoms with Crippen molar-refractivity contribution < 1.29 is 0 Å². The zero-order chi connectivity index (χ0) is 53.7. The SMILES string of the molecule is CCCCC(CC)Cc1ccc(-c2ccc(-c3c4c(c(-c5cc6c(s5)c5sc(-c7c8c(c(-c9ccc(-c%10ccc(CC(CC)CCCC)s%10)s9)c9nsnc79)N=S=N8)cc5n6CC(CC)CCCC)c5nsnc35)N=S=N4)s2)s1. The highest BCUT2D eigenvalue weighted by atomic mass is 32.1. The third-order valence-electron chi connectivity index (χ3n) is 16.1. The Hall–Kier alpha value is -4.28. The fourth-order valence-corrected chi connectivity index (χ4v) is 20.9. The minimum Gasteiger partial charge on any atom is -0.339 e. The summed E-state index contributed by atoms with van der Waals surface area (Å²) in [5.74, 6) is 2.04. The lowest BCUT2D eigenvalue weighted by Gasteiger charge is -2.17. The van der Waals surface area contributed by atoms with Gasteiger partial charge in [0.1, 0.15) is 44.8 Å². The van der Waals surface area contributed by atoms with E-state index in [1.54, 1.807) is 0 Å². The van der Waals surface area contributed by atoms with Crippen molar-refractivity contribution in [2.75, 3.05) is 0 Å². The lowest BCUT2D eigenvalue weighted by atomic mass is 9.95. The maximum absolute atomic E-state index is 5.08. The molecule has 11 heterocycles. The maximum Gasteiger partial charge on any atom is 0.116 e. The molecule has 0 saturated heterocycles. The Morgan fingerprint density at radius 3 is 1.14 bits per heavy atom. The van der Waals surface area contributed by atoms with Crippen molar-refractivity contribution in [3.8, 4) is 61.3 Å². The highest BCUT2D eigenvalue weighted by molar-refractivity contribution is 7.58. The van der Waals surface area contributed by atoms with Crippen LogP contribution in [-0.4, -0.2) is 22.1 Å². The van der Waals surface area contributed by atoms with E-state index in [9.17, 15) is 0 Å². The largest absolute Gasteiger partial charge is 0.339 e. The Balaban J connectivity index is 0.879. The number of unbranched alkanes of at least 4 members (excludes halogenated alkanes) is 3. The Morgan fingerprint density at radius 1 is 0.392 bits per heavy atom. The van der Waals surface area contributed by atoms with Crippen molar-refractivity contribution in [2.45, 2.75) is 138 Å². The van der Waals surface area contributed by atoms with Crippen LogP contribution in [0.3, 0.4) is 0 Å². The lowest BCUT2D eigenvalue weighted by Crippen LogP contribution is -2.09. The molecule has 9 nitrogen and oxygen atoms in total. The lowest BCUT2D eigenvalue weighted by molar-refractivity contribution is 0.401. The Kier molecular flexibility index (Phi) is 16.1. The molecule has 2 aromatic carbocycles. The van der Waals surface area contributed by atoms with Crippen LogP contribution >= 0.6 is 91.5 Å². The quantitative estimate of drug-likeness (QED) is 0.0601. The van der Waals surface area contributed by atoms with E-state index in [2.05, 4.69) is 107 Å². The van der Waals surface area contributed by atoms with Crippen LogP contribution in [0.2, 0.25) is 0 Å². The highest BCUT2D eigenvalue weighted by Gasteiger charge is 2.32. The topological polar surface area (TPSA) is 106 Å². The summed E-state index contributed by atoms with van der Waals surface area (Å²) >= 11 is 16.4. The summed E-state index contributed by atoms with van der Waals surface area (Å²) in [6.45, 7) is 14.9. The van der Waals surface area contributed by atoms with Gasteiger partial charge in [0.15, 0.2) is 0 Å². The van der Waals surface area contributed by atoms with Crippen LogP contribution in [0.25, 0.3) is 104 Å². The molecule has 0 spiro atoms. The summed E-state index contributed by atoms with van der Waals surface area (Å²) in [5, 5.41) is 0. The molecule has 19 heteroatoms. The number of hydrogen-bond acceptors (Lipinski definition) is 16. The van der Waals surface area contributed by atoms with E-state index in [0.29, 0.717) is 5.92 Å². The van der Waals surface area contributed by atoms with E-state index in [0.717, 1.165) is 124 Å². The molecule has 406 valence electrons. The van der Waals surface area contributed by atoms with Crippen LogP contribution in [0.1, 0.15) is 128 Å². The molecule has 2 aliphatic heterocycles. The van der Waals surface area contributed by atoms with Gasteiger partial charge in [0, 0.05) is 77.6 Å². The number of nitrogens with zero attached hydrogens (tertiary/aromatic N) is 9.